The van der Waals surface area contributed by atoms with E-state index in [2.05, 4.69) is 5.32 Å². The molecule has 2 amide bonds. The summed E-state index contributed by atoms with van der Waals surface area (Å²) >= 11 is 6.37. The van der Waals surface area contributed by atoms with E-state index >= 15 is 0 Å². The zero-order chi connectivity index (χ0) is 34.3. The minimum Gasteiger partial charge on any atom is -0.352 e. The third-order valence-corrected chi connectivity index (χ3v) is 11.2. The summed E-state index contributed by atoms with van der Waals surface area (Å²) in [5, 5.41) is 3.75. The summed E-state index contributed by atoms with van der Waals surface area (Å²) in [6.45, 7) is 5.23. The van der Waals surface area contributed by atoms with Gasteiger partial charge in [-0.15, -0.1) is 0 Å². The maximum Gasteiger partial charge on any atom is 0.264 e. The molecule has 0 heterocycles. The average Bonchev–Trinajstić information content (AvgIpc) is 3.07. The van der Waals surface area contributed by atoms with Gasteiger partial charge in [0, 0.05) is 24.0 Å². The molecule has 48 heavy (non-hydrogen) atoms. The first-order chi connectivity index (χ1) is 23.0. The van der Waals surface area contributed by atoms with Gasteiger partial charge in [0.1, 0.15) is 12.6 Å². The maximum atomic E-state index is 14.8. The lowest BCUT2D eigenvalue weighted by Crippen LogP contribution is -2.55. The fraction of sp³-hybridized carbons (Fsp3) is 0.333. The number of aryl methyl sites for hydroxylation is 2. The Labute approximate surface area is 290 Å². The van der Waals surface area contributed by atoms with Crippen LogP contribution in [-0.2, 0) is 32.6 Å². The second-order valence-corrected chi connectivity index (χ2v) is 15.0. The summed E-state index contributed by atoms with van der Waals surface area (Å²) in [6, 6.07) is 28.0. The highest BCUT2D eigenvalue weighted by molar-refractivity contribution is 7.92. The molecule has 0 radical (unpaired) electrons. The van der Waals surface area contributed by atoms with Crippen LogP contribution in [0.4, 0.5) is 5.69 Å². The fourth-order valence-electron chi connectivity index (χ4n) is 6.29. The minimum atomic E-state index is -4.18. The van der Waals surface area contributed by atoms with E-state index in [1.165, 1.54) is 9.21 Å². The largest absolute Gasteiger partial charge is 0.352 e. The average molecular weight is 686 g/mol. The van der Waals surface area contributed by atoms with Gasteiger partial charge in [-0.3, -0.25) is 13.9 Å². The van der Waals surface area contributed by atoms with Gasteiger partial charge in [0.25, 0.3) is 10.0 Å². The molecule has 9 heteroatoms. The summed E-state index contributed by atoms with van der Waals surface area (Å²) < 4.78 is 30.0. The van der Waals surface area contributed by atoms with Crippen LogP contribution in [0.25, 0.3) is 0 Å². The Hall–Kier alpha value is -4.14. The molecule has 0 saturated heterocycles. The second kappa shape index (κ2) is 15.8. The Morgan fingerprint density at radius 2 is 1.50 bits per heavy atom. The quantitative estimate of drug-likeness (QED) is 0.167. The third kappa shape index (κ3) is 8.65. The highest BCUT2D eigenvalue weighted by Gasteiger charge is 2.36. The molecule has 1 N–H and O–H groups in total. The molecular weight excluding hydrogens is 642 g/mol. The highest BCUT2D eigenvalue weighted by Crippen LogP contribution is 2.30. The van der Waals surface area contributed by atoms with Gasteiger partial charge in [-0.05, 0) is 86.2 Å². The highest BCUT2D eigenvalue weighted by atomic mass is 35.5. The van der Waals surface area contributed by atoms with Crippen molar-refractivity contribution in [1.29, 1.82) is 0 Å². The van der Waals surface area contributed by atoms with Crippen molar-refractivity contribution >= 4 is 39.1 Å². The van der Waals surface area contributed by atoms with E-state index in [0.29, 0.717) is 10.7 Å². The first-order valence-corrected chi connectivity index (χ1v) is 18.4. The molecule has 0 aliphatic heterocycles. The summed E-state index contributed by atoms with van der Waals surface area (Å²) in [6.07, 6.45) is 5.27. The number of carbonyl (C=O) groups is 2. The molecule has 4 aromatic rings. The monoisotopic (exact) mass is 685 g/mol. The fourth-order valence-corrected chi connectivity index (χ4v) is 7.97. The van der Waals surface area contributed by atoms with E-state index in [1.807, 2.05) is 63.2 Å². The van der Waals surface area contributed by atoms with Crippen LogP contribution >= 0.6 is 11.6 Å². The molecule has 1 aliphatic rings. The Bertz CT molecular complexity index is 1820. The van der Waals surface area contributed by atoms with Crippen LogP contribution in [0.15, 0.2) is 102 Å². The zero-order valence-electron chi connectivity index (χ0n) is 27.9. The van der Waals surface area contributed by atoms with Crippen LogP contribution in [-0.4, -0.2) is 43.8 Å². The number of nitrogens with zero attached hydrogens (tertiary/aromatic N) is 2. The van der Waals surface area contributed by atoms with Crippen LogP contribution in [0.1, 0.15) is 59.9 Å². The van der Waals surface area contributed by atoms with Gasteiger partial charge < -0.3 is 10.2 Å². The van der Waals surface area contributed by atoms with Crippen LogP contribution in [0.2, 0.25) is 5.02 Å². The van der Waals surface area contributed by atoms with Gasteiger partial charge in [0.05, 0.1) is 10.6 Å². The lowest BCUT2D eigenvalue weighted by atomic mass is 9.94. The Balaban J connectivity index is 1.59. The van der Waals surface area contributed by atoms with Crippen molar-refractivity contribution in [2.45, 2.75) is 82.8 Å². The molecule has 7 nitrogen and oxygen atoms in total. The number of hydrogen-bond donors (Lipinski definition) is 1. The second-order valence-electron chi connectivity index (χ2n) is 12.7. The summed E-state index contributed by atoms with van der Waals surface area (Å²) in [7, 11) is -4.18. The lowest BCUT2D eigenvalue weighted by Gasteiger charge is -2.35. The summed E-state index contributed by atoms with van der Waals surface area (Å²) in [4.78, 5) is 30.7. The molecular formula is C39H44ClN3O4S. The van der Waals surface area contributed by atoms with Gasteiger partial charge in [0.15, 0.2) is 0 Å². The molecule has 0 aromatic heterocycles. The number of nitrogens with one attached hydrogen (secondary N) is 1. The first-order valence-electron chi connectivity index (χ1n) is 16.6. The molecule has 0 spiro atoms. The van der Waals surface area contributed by atoms with Gasteiger partial charge in [-0.1, -0.05) is 103 Å². The topological polar surface area (TPSA) is 86.8 Å². The predicted octanol–water partition coefficient (Wildman–Crippen LogP) is 7.55. The molecule has 5 rings (SSSR count). The van der Waals surface area contributed by atoms with Crippen LogP contribution in [0.3, 0.4) is 0 Å². The van der Waals surface area contributed by atoms with Crippen LogP contribution in [0, 0.1) is 20.8 Å². The van der Waals surface area contributed by atoms with Gasteiger partial charge in [0.2, 0.25) is 11.8 Å². The minimum absolute atomic E-state index is 0.0287. The van der Waals surface area contributed by atoms with Crippen molar-refractivity contribution in [3.63, 3.8) is 0 Å². The molecule has 1 aliphatic carbocycles. The van der Waals surface area contributed by atoms with Crippen molar-refractivity contribution in [1.82, 2.24) is 10.2 Å². The van der Waals surface area contributed by atoms with E-state index in [1.54, 1.807) is 54.6 Å². The van der Waals surface area contributed by atoms with Crippen molar-refractivity contribution in [2.75, 3.05) is 10.8 Å². The number of anilines is 1. The summed E-state index contributed by atoms with van der Waals surface area (Å²) in [5.74, 6) is -0.743. The Morgan fingerprint density at radius 1 is 0.833 bits per heavy atom. The first kappa shape index (κ1) is 35.2. The predicted molar refractivity (Wildman–Crippen MR) is 193 cm³/mol. The molecule has 4 aromatic carbocycles. The smallest absolute Gasteiger partial charge is 0.264 e. The SMILES string of the molecule is Cc1ccc(S(=O)(=O)N(CC(=O)N(Cc2cccc(Cl)c2)C(Cc2ccccc2)C(=O)NC2CCCCC2)c2cccc(C)c2C)cc1. The van der Waals surface area contributed by atoms with Crippen molar-refractivity contribution in [2.24, 2.45) is 0 Å². The lowest BCUT2D eigenvalue weighted by molar-refractivity contribution is -0.140. The van der Waals surface area contributed by atoms with Gasteiger partial charge in [-0.2, -0.15) is 0 Å². The molecule has 1 unspecified atom stereocenters. The van der Waals surface area contributed by atoms with E-state index in [0.717, 1.165) is 59.9 Å². The van der Waals surface area contributed by atoms with E-state index in [4.69, 9.17) is 11.6 Å². The molecule has 1 saturated carbocycles. The van der Waals surface area contributed by atoms with Crippen molar-refractivity contribution in [3.8, 4) is 0 Å². The van der Waals surface area contributed by atoms with Crippen molar-refractivity contribution in [3.05, 3.63) is 130 Å². The number of carbonyl (C=O) groups excluding carboxylic acids is 2. The third-order valence-electron chi connectivity index (χ3n) is 9.20. The standard InChI is InChI=1S/C39H44ClN3O4S/c1-28-20-22-35(23-21-28)48(46,47)43(36-19-10-12-29(2)30(36)3)27-38(44)42(26-32-15-11-16-33(40)24-32)37(25-31-13-6-4-7-14-31)39(45)41-34-17-8-5-9-18-34/h4,6-7,10-16,19-24,34,37H,5,8-9,17-18,25-27H2,1-3H3,(H,41,45). The molecule has 252 valence electrons. The normalized spacial score (nSPS) is 14.2. The number of rotatable bonds is 12. The number of benzene rings is 4. The number of halogens is 1. The molecule has 1 atom stereocenters. The van der Waals surface area contributed by atoms with E-state index in [-0.39, 0.29) is 29.8 Å². The van der Waals surface area contributed by atoms with Crippen LogP contribution < -0.4 is 9.62 Å². The maximum absolute atomic E-state index is 14.8. The van der Waals surface area contributed by atoms with E-state index in [9.17, 15) is 18.0 Å². The van der Waals surface area contributed by atoms with Gasteiger partial charge in [-0.25, -0.2) is 8.42 Å². The number of hydrogen-bond acceptors (Lipinski definition) is 4. The number of sulfonamides is 1. The molecule has 1 fully saturated rings. The molecule has 0 bridgehead atoms. The Morgan fingerprint density at radius 3 is 2.19 bits per heavy atom. The number of amides is 2. The van der Waals surface area contributed by atoms with Crippen LogP contribution in [0.5, 0.6) is 0 Å². The summed E-state index contributed by atoms with van der Waals surface area (Å²) in [5.41, 5.74) is 4.61. The van der Waals surface area contributed by atoms with E-state index < -0.39 is 28.5 Å². The Kier molecular flexibility index (Phi) is 11.6. The zero-order valence-corrected chi connectivity index (χ0v) is 29.4. The van der Waals surface area contributed by atoms with Crippen molar-refractivity contribution < 1.29 is 18.0 Å². The van der Waals surface area contributed by atoms with Gasteiger partial charge >= 0.3 is 0 Å².